The van der Waals surface area contributed by atoms with Crippen LogP contribution in [0.3, 0.4) is 0 Å². The molecule has 0 radical (unpaired) electrons. The first kappa shape index (κ1) is 19.8. The molecule has 0 saturated heterocycles. The molecular weight excluding hydrogens is 408 g/mol. The normalized spacial score (nSPS) is 10.5. The first-order chi connectivity index (χ1) is 13.5. The fourth-order valence-electron chi connectivity index (χ4n) is 2.30. The smallest absolute Gasteiger partial charge is 0.276 e. The molecule has 0 atom stereocenters. The van der Waals surface area contributed by atoms with Gasteiger partial charge in [0.15, 0.2) is 17.3 Å². The highest BCUT2D eigenvalue weighted by Gasteiger charge is 2.15. The lowest BCUT2D eigenvalue weighted by Gasteiger charge is -2.11. The second-order valence-electron chi connectivity index (χ2n) is 5.60. The Kier molecular flexibility index (Phi) is 6.23. The van der Waals surface area contributed by atoms with Crippen molar-refractivity contribution < 1.29 is 13.9 Å². The minimum absolute atomic E-state index is 0.00867. The third-order valence-corrected chi connectivity index (χ3v) is 4.45. The molecule has 0 bridgehead atoms. The van der Waals surface area contributed by atoms with E-state index in [1.807, 2.05) is 0 Å². The number of carbonyl (C=O) groups excluding carboxylic acids is 1. The number of benzene rings is 1. The second kappa shape index (κ2) is 8.81. The molecule has 144 valence electrons. The first-order valence-electron chi connectivity index (χ1n) is 8.05. The van der Waals surface area contributed by atoms with Gasteiger partial charge in [-0.15, -0.1) is 10.2 Å². The Morgan fingerprint density at radius 1 is 1.25 bits per heavy atom. The van der Waals surface area contributed by atoms with Crippen molar-refractivity contribution in [1.82, 2.24) is 15.2 Å². The van der Waals surface area contributed by atoms with Gasteiger partial charge in [0.1, 0.15) is 5.82 Å². The number of aromatic nitrogens is 3. The highest BCUT2D eigenvalue weighted by Crippen LogP contribution is 2.28. The molecule has 3 N–H and O–H groups in total. The van der Waals surface area contributed by atoms with E-state index in [4.69, 9.17) is 33.7 Å². The number of nitrogen functional groups attached to an aromatic ring is 1. The van der Waals surface area contributed by atoms with Gasteiger partial charge in [-0.1, -0.05) is 23.2 Å². The van der Waals surface area contributed by atoms with Gasteiger partial charge in [0.25, 0.3) is 5.91 Å². The van der Waals surface area contributed by atoms with Crippen LogP contribution in [0.15, 0.2) is 42.7 Å². The molecule has 0 aliphatic carbocycles. The van der Waals surface area contributed by atoms with E-state index >= 15 is 0 Å². The minimum Gasteiger partial charge on any atom is -0.489 e. The van der Waals surface area contributed by atoms with Gasteiger partial charge < -0.3 is 15.8 Å². The predicted octanol–water partition coefficient (Wildman–Crippen LogP) is 3.77. The molecule has 2 heterocycles. The Morgan fingerprint density at radius 3 is 2.82 bits per heavy atom. The highest BCUT2D eigenvalue weighted by atomic mass is 35.5. The number of hydrogen-bond acceptors (Lipinski definition) is 6. The van der Waals surface area contributed by atoms with E-state index < -0.39 is 11.7 Å². The molecular formula is C18H14Cl2FN5O2. The summed E-state index contributed by atoms with van der Waals surface area (Å²) >= 11 is 12.0. The summed E-state index contributed by atoms with van der Waals surface area (Å²) in [5, 5.41) is 10.4. The van der Waals surface area contributed by atoms with Crippen LogP contribution in [0.1, 0.15) is 16.1 Å². The highest BCUT2D eigenvalue weighted by molar-refractivity contribution is 6.36. The Hall–Kier alpha value is -2.97. The maximum atomic E-state index is 13.6. The summed E-state index contributed by atoms with van der Waals surface area (Å²) in [4.78, 5) is 16.2. The Labute approximate surface area is 169 Å². The van der Waals surface area contributed by atoms with Crippen molar-refractivity contribution >= 4 is 40.6 Å². The number of nitrogens with zero attached hydrogens (tertiary/aromatic N) is 3. The number of nitrogens with one attached hydrogen (secondary N) is 1. The number of ether oxygens (including phenoxy) is 1. The third-order valence-electron chi connectivity index (χ3n) is 3.69. The fourth-order valence-corrected chi connectivity index (χ4v) is 2.86. The molecule has 2 aromatic heterocycles. The van der Waals surface area contributed by atoms with Crippen LogP contribution in [-0.4, -0.2) is 27.7 Å². The molecule has 1 amide bonds. The van der Waals surface area contributed by atoms with E-state index in [0.717, 1.165) is 0 Å². The van der Waals surface area contributed by atoms with Crippen LogP contribution in [0.25, 0.3) is 0 Å². The molecule has 3 rings (SSSR count). The zero-order valence-electron chi connectivity index (χ0n) is 14.3. The van der Waals surface area contributed by atoms with Crippen LogP contribution in [-0.2, 0) is 6.42 Å². The number of nitrogens with two attached hydrogens (primary N) is 1. The van der Waals surface area contributed by atoms with E-state index in [0.29, 0.717) is 16.3 Å². The molecule has 0 unspecified atom stereocenters. The van der Waals surface area contributed by atoms with Gasteiger partial charge in [-0.25, -0.2) is 4.39 Å². The number of rotatable bonds is 6. The quantitative estimate of drug-likeness (QED) is 0.587. The van der Waals surface area contributed by atoms with Crippen LogP contribution >= 0.6 is 23.2 Å². The molecule has 1 aromatic carbocycles. The van der Waals surface area contributed by atoms with Gasteiger partial charge in [-0.3, -0.25) is 9.78 Å². The lowest BCUT2D eigenvalue weighted by molar-refractivity contribution is 0.102. The van der Waals surface area contributed by atoms with Crippen LogP contribution in [0.5, 0.6) is 5.75 Å². The molecule has 3 aromatic rings. The number of anilines is 2. The van der Waals surface area contributed by atoms with Gasteiger partial charge in [0, 0.05) is 23.7 Å². The summed E-state index contributed by atoms with van der Waals surface area (Å²) in [5.41, 5.74) is 6.68. The summed E-state index contributed by atoms with van der Waals surface area (Å²) in [6.45, 7) is 0.0858. The molecule has 0 aliphatic rings. The summed E-state index contributed by atoms with van der Waals surface area (Å²) in [7, 11) is 0. The van der Waals surface area contributed by atoms with E-state index in [-0.39, 0.29) is 35.3 Å². The summed E-state index contributed by atoms with van der Waals surface area (Å²) in [6.07, 6.45) is 3.31. The molecule has 0 spiro atoms. The van der Waals surface area contributed by atoms with Crippen molar-refractivity contribution in [3.05, 3.63) is 69.8 Å². The lowest BCUT2D eigenvalue weighted by Crippen LogP contribution is -2.16. The van der Waals surface area contributed by atoms with Crippen molar-refractivity contribution in [3.8, 4) is 5.75 Å². The number of hydrogen-bond donors (Lipinski definition) is 2. The summed E-state index contributed by atoms with van der Waals surface area (Å²) in [5.74, 6) is -0.897. The van der Waals surface area contributed by atoms with Gasteiger partial charge in [0.2, 0.25) is 0 Å². The standard InChI is InChI=1S/C18H14Cl2FN5O2/c19-12-3-4-13(21)16(20)11(12)5-7-28-15-8-14(25-26-17(15)22)18(27)24-10-2-1-6-23-9-10/h1-4,6,8-9H,5,7H2,(H2,22,26)(H,24,27). The third kappa shape index (κ3) is 4.65. The molecule has 10 heteroatoms. The summed E-state index contributed by atoms with van der Waals surface area (Å²) in [6, 6.07) is 7.33. The Morgan fingerprint density at radius 2 is 2.07 bits per heavy atom. The van der Waals surface area contributed by atoms with E-state index in [9.17, 15) is 9.18 Å². The van der Waals surface area contributed by atoms with Crippen LogP contribution in [0.4, 0.5) is 15.9 Å². The first-order valence-corrected chi connectivity index (χ1v) is 8.81. The van der Waals surface area contributed by atoms with Gasteiger partial charge in [-0.05, 0) is 29.8 Å². The van der Waals surface area contributed by atoms with Crippen molar-refractivity contribution in [3.63, 3.8) is 0 Å². The topological polar surface area (TPSA) is 103 Å². The minimum atomic E-state index is -0.569. The van der Waals surface area contributed by atoms with Crippen LogP contribution in [0.2, 0.25) is 10.0 Å². The monoisotopic (exact) mass is 421 g/mol. The molecule has 0 fully saturated rings. The maximum Gasteiger partial charge on any atom is 0.276 e. The molecule has 0 aliphatic heterocycles. The van der Waals surface area contributed by atoms with Crippen LogP contribution in [0, 0.1) is 5.82 Å². The lowest BCUT2D eigenvalue weighted by atomic mass is 10.1. The molecule has 7 nitrogen and oxygen atoms in total. The van der Waals surface area contributed by atoms with Crippen molar-refractivity contribution in [2.45, 2.75) is 6.42 Å². The van der Waals surface area contributed by atoms with Gasteiger partial charge >= 0.3 is 0 Å². The summed E-state index contributed by atoms with van der Waals surface area (Å²) < 4.78 is 19.1. The van der Waals surface area contributed by atoms with Crippen molar-refractivity contribution in [1.29, 1.82) is 0 Å². The average molecular weight is 422 g/mol. The zero-order valence-corrected chi connectivity index (χ0v) is 15.8. The Bertz CT molecular complexity index is 1000. The Balaban J connectivity index is 1.69. The largest absolute Gasteiger partial charge is 0.489 e. The average Bonchev–Trinajstić information content (AvgIpc) is 2.69. The van der Waals surface area contributed by atoms with Crippen molar-refractivity contribution in [2.24, 2.45) is 0 Å². The maximum absolute atomic E-state index is 13.6. The van der Waals surface area contributed by atoms with E-state index in [2.05, 4.69) is 20.5 Å². The van der Waals surface area contributed by atoms with E-state index in [1.165, 1.54) is 24.4 Å². The van der Waals surface area contributed by atoms with E-state index in [1.54, 1.807) is 18.3 Å². The van der Waals surface area contributed by atoms with Crippen molar-refractivity contribution in [2.75, 3.05) is 17.7 Å². The number of halogens is 3. The zero-order chi connectivity index (χ0) is 20.1. The second-order valence-corrected chi connectivity index (χ2v) is 6.38. The number of pyridine rings is 1. The fraction of sp³-hybridized carbons (Fsp3) is 0.111. The molecule has 0 saturated carbocycles. The SMILES string of the molecule is Nc1nnc(C(=O)Nc2cccnc2)cc1OCCc1c(Cl)ccc(F)c1Cl. The predicted molar refractivity (Wildman–Crippen MR) is 104 cm³/mol. The number of amides is 1. The van der Waals surface area contributed by atoms with Crippen LogP contribution < -0.4 is 15.8 Å². The number of carbonyl (C=O) groups is 1. The van der Waals surface area contributed by atoms with Gasteiger partial charge in [0.05, 0.1) is 23.5 Å². The molecule has 28 heavy (non-hydrogen) atoms. The van der Waals surface area contributed by atoms with Gasteiger partial charge in [-0.2, -0.15) is 0 Å².